The van der Waals surface area contributed by atoms with Gasteiger partial charge in [-0.15, -0.1) is 0 Å². The number of hydrogen-bond donors (Lipinski definition) is 5. The molecule has 1 amide bonds. The molecule has 2 aromatic heterocycles. The van der Waals surface area contributed by atoms with Gasteiger partial charge in [-0.3, -0.25) is 4.79 Å². The Labute approximate surface area is 154 Å². The van der Waals surface area contributed by atoms with Crippen molar-refractivity contribution in [2.75, 3.05) is 25.5 Å². The van der Waals surface area contributed by atoms with E-state index >= 15 is 0 Å². The van der Waals surface area contributed by atoms with Crippen molar-refractivity contribution < 1.29 is 20.1 Å². The van der Waals surface area contributed by atoms with Crippen LogP contribution in [0.1, 0.15) is 12.5 Å². The van der Waals surface area contributed by atoms with Crippen LogP contribution in [0, 0.1) is 11.3 Å². The number of carbonyl (C=O) groups is 1. The minimum atomic E-state index is -1.15. The Balaban J connectivity index is 1.76. The predicted molar refractivity (Wildman–Crippen MR) is 93.8 cm³/mol. The number of anilines is 1. The molecular formula is C16H20ClN5O4. The first-order chi connectivity index (χ1) is 12.5. The molecule has 5 atom stereocenters. The Kier molecular flexibility index (Phi) is 4.07. The number of carbonyl (C=O) groups excluding carboxylic acids is 1. The summed E-state index contributed by atoms with van der Waals surface area (Å²) in [7, 11) is 1.52. The van der Waals surface area contributed by atoms with Crippen LogP contribution in [0.25, 0.3) is 11.2 Å². The molecule has 0 aliphatic heterocycles. The normalized spacial score (nSPS) is 32.5. The Morgan fingerprint density at radius 1 is 1.50 bits per heavy atom. The van der Waals surface area contributed by atoms with Gasteiger partial charge in [0.25, 0.3) is 0 Å². The maximum Gasteiger partial charge on any atom is 0.229 e. The van der Waals surface area contributed by atoms with Gasteiger partial charge in [0.15, 0.2) is 5.65 Å². The summed E-state index contributed by atoms with van der Waals surface area (Å²) in [6, 6.07) is 1.09. The molecule has 9 nitrogen and oxygen atoms in total. The molecule has 26 heavy (non-hydrogen) atoms. The summed E-state index contributed by atoms with van der Waals surface area (Å²) in [6.45, 7) is 0.280. The van der Waals surface area contributed by atoms with Crippen molar-refractivity contribution in [1.29, 1.82) is 0 Å². The number of nitrogens with one attached hydrogen (secondary N) is 2. The quantitative estimate of drug-likeness (QED) is 0.442. The van der Waals surface area contributed by atoms with E-state index in [1.165, 1.54) is 13.4 Å². The fraction of sp³-hybridized carbons (Fsp3) is 0.562. The van der Waals surface area contributed by atoms with Gasteiger partial charge in [0.2, 0.25) is 5.91 Å². The highest BCUT2D eigenvalue weighted by Gasteiger charge is 2.75. The topological polar surface area (TPSA) is 133 Å². The largest absolute Gasteiger partial charge is 0.395 e. The van der Waals surface area contributed by atoms with Gasteiger partial charge in [-0.05, 0) is 6.42 Å². The average molecular weight is 382 g/mol. The number of aliphatic hydroxyl groups is 3. The Morgan fingerprint density at radius 2 is 2.27 bits per heavy atom. The zero-order valence-corrected chi connectivity index (χ0v) is 14.8. The van der Waals surface area contributed by atoms with Crippen molar-refractivity contribution in [3.05, 3.63) is 17.5 Å². The third-order valence-corrected chi connectivity index (χ3v) is 5.76. The highest BCUT2D eigenvalue weighted by atomic mass is 35.5. The maximum atomic E-state index is 12.3. The molecular weight excluding hydrogens is 362 g/mol. The van der Waals surface area contributed by atoms with Crippen molar-refractivity contribution in [2.45, 2.75) is 24.7 Å². The van der Waals surface area contributed by atoms with Crippen LogP contribution in [0.15, 0.2) is 12.4 Å². The number of rotatable bonds is 5. The Hall–Kier alpha value is -1.94. The molecule has 2 saturated carbocycles. The maximum absolute atomic E-state index is 12.3. The molecule has 10 heteroatoms. The van der Waals surface area contributed by atoms with Crippen molar-refractivity contribution in [2.24, 2.45) is 11.3 Å². The standard InChI is InChI=1S/C16H20ClN5O4/c1-18-15(26)16-5-7(16)11(12(24)13(16)25)22-6-20-10-8(19-2-3-23)4-9(17)21-14(10)22/h4,6-7,11-13,23-25H,2-3,5H2,1H3,(H,18,26)(H,19,21)/t7-,11-,12+,13+,16-/m1/s1. The molecule has 0 bridgehead atoms. The first-order valence-electron chi connectivity index (χ1n) is 8.41. The first kappa shape index (κ1) is 17.5. The zero-order chi connectivity index (χ0) is 18.6. The van der Waals surface area contributed by atoms with Gasteiger partial charge in [0, 0.05) is 25.6 Å². The van der Waals surface area contributed by atoms with Crippen molar-refractivity contribution in [3.8, 4) is 0 Å². The highest BCUT2D eigenvalue weighted by Crippen LogP contribution is 2.67. The van der Waals surface area contributed by atoms with Crippen molar-refractivity contribution in [3.63, 3.8) is 0 Å². The molecule has 2 aliphatic rings. The van der Waals surface area contributed by atoms with Gasteiger partial charge in [-0.25, -0.2) is 9.97 Å². The fourth-order valence-electron chi connectivity index (χ4n) is 4.31. The summed E-state index contributed by atoms with van der Waals surface area (Å²) < 4.78 is 1.68. The van der Waals surface area contributed by atoms with E-state index in [1.54, 1.807) is 10.6 Å². The van der Waals surface area contributed by atoms with Gasteiger partial charge < -0.3 is 30.5 Å². The molecule has 5 N–H and O–H groups in total. The van der Waals surface area contributed by atoms with Gasteiger partial charge in [0.05, 0.1) is 36.2 Å². The number of pyridine rings is 1. The number of halogens is 1. The van der Waals surface area contributed by atoms with Crippen LogP contribution < -0.4 is 10.6 Å². The van der Waals surface area contributed by atoms with E-state index in [0.29, 0.717) is 29.8 Å². The van der Waals surface area contributed by atoms with Gasteiger partial charge in [-0.1, -0.05) is 11.6 Å². The first-order valence-corrected chi connectivity index (χ1v) is 8.79. The number of aromatic nitrogens is 3. The minimum Gasteiger partial charge on any atom is -0.395 e. The van der Waals surface area contributed by atoms with Crippen LogP contribution in [-0.2, 0) is 4.79 Å². The fourth-order valence-corrected chi connectivity index (χ4v) is 4.50. The summed E-state index contributed by atoms with van der Waals surface area (Å²) in [5.74, 6) is -0.475. The lowest BCUT2D eigenvalue weighted by Gasteiger charge is -2.23. The second-order valence-corrected chi connectivity index (χ2v) is 7.21. The Morgan fingerprint density at radius 3 is 2.96 bits per heavy atom. The summed E-state index contributed by atoms with van der Waals surface area (Å²) in [5, 5.41) is 36.0. The lowest BCUT2D eigenvalue weighted by molar-refractivity contribution is -0.132. The van der Waals surface area contributed by atoms with E-state index < -0.39 is 23.7 Å². The number of amides is 1. The average Bonchev–Trinajstić information content (AvgIpc) is 3.17. The van der Waals surface area contributed by atoms with Crippen molar-refractivity contribution in [1.82, 2.24) is 19.9 Å². The molecule has 2 fully saturated rings. The van der Waals surface area contributed by atoms with E-state index in [1.807, 2.05) is 0 Å². The van der Waals surface area contributed by atoms with Gasteiger partial charge >= 0.3 is 0 Å². The third-order valence-electron chi connectivity index (χ3n) is 5.57. The summed E-state index contributed by atoms with van der Waals surface area (Å²) in [5.41, 5.74) is 0.650. The Bertz CT molecular complexity index is 874. The van der Waals surface area contributed by atoms with Crippen LogP contribution in [0.2, 0.25) is 5.15 Å². The molecule has 2 aromatic rings. The summed E-state index contributed by atoms with van der Waals surface area (Å²) >= 11 is 6.12. The number of imidazole rings is 1. The predicted octanol–water partition coefficient (Wildman–Crippen LogP) is -0.482. The second kappa shape index (κ2) is 6.05. The van der Waals surface area contributed by atoms with Gasteiger partial charge in [0.1, 0.15) is 16.8 Å². The summed E-state index contributed by atoms with van der Waals surface area (Å²) in [4.78, 5) is 20.9. The molecule has 2 aliphatic carbocycles. The SMILES string of the molecule is CNC(=O)[C@]12C[C@@H]1[C@@H](n1cnc3c(NCCO)cc(Cl)nc31)[C@H](O)[C@@H]2O. The highest BCUT2D eigenvalue weighted by molar-refractivity contribution is 6.30. The van der Waals surface area contributed by atoms with E-state index in [-0.39, 0.29) is 23.6 Å². The van der Waals surface area contributed by atoms with E-state index in [2.05, 4.69) is 20.6 Å². The van der Waals surface area contributed by atoms with E-state index in [4.69, 9.17) is 16.7 Å². The van der Waals surface area contributed by atoms with Crippen molar-refractivity contribution >= 4 is 34.4 Å². The van der Waals surface area contributed by atoms with Gasteiger partial charge in [-0.2, -0.15) is 0 Å². The lowest BCUT2D eigenvalue weighted by Crippen LogP contribution is -2.41. The number of aliphatic hydroxyl groups excluding tert-OH is 3. The number of nitrogens with zero attached hydrogens (tertiary/aromatic N) is 3. The molecule has 4 rings (SSSR count). The third kappa shape index (κ3) is 2.24. The van der Waals surface area contributed by atoms with Crippen LogP contribution in [-0.4, -0.2) is 68.2 Å². The number of hydrogen-bond acceptors (Lipinski definition) is 7. The minimum absolute atomic E-state index is 0.0492. The molecule has 0 aromatic carbocycles. The molecule has 0 saturated heterocycles. The van der Waals surface area contributed by atoms with Crippen LogP contribution >= 0.6 is 11.6 Å². The lowest BCUT2D eigenvalue weighted by atomic mass is 9.98. The molecule has 2 heterocycles. The van der Waals surface area contributed by atoms with Crippen LogP contribution in [0.5, 0.6) is 0 Å². The van der Waals surface area contributed by atoms with Crippen LogP contribution in [0.4, 0.5) is 5.69 Å². The monoisotopic (exact) mass is 381 g/mol. The molecule has 0 radical (unpaired) electrons. The molecule has 140 valence electrons. The zero-order valence-electron chi connectivity index (χ0n) is 14.1. The second-order valence-electron chi connectivity index (χ2n) is 6.82. The van der Waals surface area contributed by atoms with Crippen LogP contribution in [0.3, 0.4) is 0 Å². The van der Waals surface area contributed by atoms with E-state index in [9.17, 15) is 15.0 Å². The number of fused-ring (bicyclic) bond motifs is 2. The summed E-state index contributed by atoms with van der Waals surface area (Å²) in [6.07, 6.45) is -0.235. The van der Waals surface area contributed by atoms with E-state index in [0.717, 1.165) is 0 Å². The molecule has 0 spiro atoms. The smallest absolute Gasteiger partial charge is 0.229 e. The molecule has 0 unspecified atom stereocenters.